The molecule has 0 saturated carbocycles. The average Bonchev–Trinajstić information content (AvgIpc) is 3.05. The van der Waals surface area contributed by atoms with Crippen molar-refractivity contribution in [1.29, 1.82) is 0 Å². The topological polar surface area (TPSA) is 74.8 Å². The van der Waals surface area contributed by atoms with Crippen LogP contribution in [0.2, 0.25) is 0 Å². The van der Waals surface area contributed by atoms with Crippen LogP contribution in [0, 0.1) is 5.82 Å². The average molecular weight is 367 g/mol. The van der Waals surface area contributed by atoms with Crippen molar-refractivity contribution in [3.05, 3.63) is 78.6 Å². The van der Waals surface area contributed by atoms with E-state index in [4.69, 9.17) is 0 Å². The van der Waals surface area contributed by atoms with Crippen LogP contribution in [0.15, 0.2) is 77.7 Å². The third-order valence-electron chi connectivity index (χ3n) is 3.97. The van der Waals surface area contributed by atoms with Gasteiger partial charge >= 0.3 is 0 Å². The Kier molecular flexibility index (Phi) is 3.93. The predicted molar refractivity (Wildman–Crippen MR) is 98.7 cm³/mol. The third kappa shape index (κ3) is 3.04. The summed E-state index contributed by atoms with van der Waals surface area (Å²) in [5, 5.41) is 7.90. The Bertz CT molecular complexity index is 1190. The predicted octanol–water partition coefficient (Wildman–Crippen LogP) is 4.17. The number of aromatic nitrogens is 2. The van der Waals surface area contributed by atoms with Gasteiger partial charge in [0.2, 0.25) is 0 Å². The second kappa shape index (κ2) is 6.27. The van der Waals surface area contributed by atoms with E-state index in [2.05, 4.69) is 14.9 Å². The summed E-state index contributed by atoms with van der Waals surface area (Å²) >= 11 is 0. The van der Waals surface area contributed by atoms with E-state index in [1.54, 1.807) is 12.1 Å². The SMILES string of the molecule is O=S(=O)(Nc1cccc(F)c1)c1ccc2[nH]nc(-c3ccccc3)c2c1. The molecule has 0 bridgehead atoms. The van der Waals surface area contributed by atoms with E-state index in [9.17, 15) is 12.8 Å². The van der Waals surface area contributed by atoms with Gasteiger partial charge in [0.15, 0.2) is 0 Å². The number of anilines is 1. The molecule has 0 fully saturated rings. The molecule has 1 heterocycles. The highest BCUT2D eigenvalue weighted by atomic mass is 32.2. The zero-order chi connectivity index (χ0) is 18.1. The molecule has 130 valence electrons. The summed E-state index contributed by atoms with van der Waals surface area (Å²) in [5.41, 5.74) is 2.45. The van der Waals surface area contributed by atoms with Gasteiger partial charge in [-0.3, -0.25) is 9.82 Å². The minimum absolute atomic E-state index is 0.0767. The Labute approximate surface area is 149 Å². The molecule has 0 aliphatic rings. The minimum atomic E-state index is -3.86. The molecule has 4 rings (SSSR count). The molecule has 7 heteroatoms. The summed E-state index contributed by atoms with van der Waals surface area (Å²) in [6.07, 6.45) is 0. The lowest BCUT2D eigenvalue weighted by molar-refractivity contribution is 0.601. The fourth-order valence-electron chi connectivity index (χ4n) is 2.74. The molecule has 0 amide bonds. The highest BCUT2D eigenvalue weighted by Crippen LogP contribution is 2.28. The van der Waals surface area contributed by atoms with E-state index < -0.39 is 15.8 Å². The molecular weight excluding hydrogens is 353 g/mol. The van der Waals surface area contributed by atoms with Gasteiger partial charge in [-0.1, -0.05) is 36.4 Å². The summed E-state index contributed by atoms with van der Waals surface area (Å²) in [4.78, 5) is 0.0767. The van der Waals surface area contributed by atoms with Crippen LogP contribution in [-0.2, 0) is 10.0 Å². The van der Waals surface area contributed by atoms with Crippen molar-refractivity contribution < 1.29 is 12.8 Å². The maximum atomic E-state index is 13.3. The lowest BCUT2D eigenvalue weighted by Gasteiger charge is -2.08. The summed E-state index contributed by atoms with van der Waals surface area (Å²) in [7, 11) is -3.86. The summed E-state index contributed by atoms with van der Waals surface area (Å²) in [6.45, 7) is 0. The van der Waals surface area contributed by atoms with Crippen LogP contribution in [0.3, 0.4) is 0 Å². The smallest absolute Gasteiger partial charge is 0.261 e. The van der Waals surface area contributed by atoms with E-state index in [1.165, 1.54) is 24.3 Å². The molecule has 1 aromatic heterocycles. The number of sulfonamides is 1. The Morgan fingerprint density at radius 3 is 2.50 bits per heavy atom. The van der Waals surface area contributed by atoms with Gasteiger partial charge in [-0.15, -0.1) is 0 Å². The van der Waals surface area contributed by atoms with Crippen molar-refractivity contribution >= 4 is 26.6 Å². The lowest BCUT2D eigenvalue weighted by Crippen LogP contribution is -2.12. The summed E-state index contributed by atoms with van der Waals surface area (Å²) in [5.74, 6) is -0.512. The van der Waals surface area contributed by atoms with Gasteiger partial charge in [-0.2, -0.15) is 5.10 Å². The molecule has 0 aliphatic carbocycles. The first-order valence-electron chi connectivity index (χ1n) is 7.85. The highest BCUT2D eigenvalue weighted by Gasteiger charge is 2.17. The zero-order valence-electron chi connectivity index (χ0n) is 13.5. The number of nitrogens with zero attached hydrogens (tertiary/aromatic N) is 1. The number of hydrogen-bond donors (Lipinski definition) is 2. The molecule has 2 N–H and O–H groups in total. The standard InChI is InChI=1S/C19H14FN3O2S/c20-14-7-4-8-15(11-14)23-26(24,25)16-9-10-18-17(12-16)19(22-21-18)13-5-2-1-3-6-13/h1-12,23H,(H,21,22). The molecule has 26 heavy (non-hydrogen) atoms. The number of rotatable bonds is 4. The number of nitrogens with one attached hydrogen (secondary N) is 2. The lowest BCUT2D eigenvalue weighted by atomic mass is 10.1. The number of hydrogen-bond acceptors (Lipinski definition) is 3. The Balaban J connectivity index is 1.77. The second-order valence-corrected chi connectivity index (χ2v) is 7.44. The van der Waals surface area contributed by atoms with Gasteiger partial charge < -0.3 is 0 Å². The van der Waals surface area contributed by atoms with E-state index in [0.29, 0.717) is 11.1 Å². The fraction of sp³-hybridized carbons (Fsp3) is 0. The molecule has 3 aromatic carbocycles. The number of aromatic amines is 1. The Morgan fingerprint density at radius 1 is 0.923 bits per heavy atom. The Morgan fingerprint density at radius 2 is 1.73 bits per heavy atom. The number of fused-ring (bicyclic) bond motifs is 1. The van der Waals surface area contributed by atoms with Crippen molar-refractivity contribution in [2.45, 2.75) is 4.90 Å². The normalized spacial score (nSPS) is 11.6. The number of halogens is 1. The summed E-state index contributed by atoms with van der Waals surface area (Å²) in [6, 6.07) is 19.5. The van der Waals surface area contributed by atoms with Gasteiger partial charge in [-0.25, -0.2) is 12.8 Å². The second-order valence-electron chi connectivity index (χ2n) is 5.76. The molecule has 0 radical (unpaired) electrons. The van der Waals surface area contributed by atoms with E-state index in [1.807, 2.05) is 30.3 Å². The molecule has 4 aromatic rings. The first-order chi connectivity index (χ1) is 12.5. The maximum Gasteiger partial charge on any atom is 0.261 e. The monoisotopic (exact) mass is 367 g/mol. The quantitative estimate of drug-likeness (QED) is 0.568. The molecule has 0 unspecified atom stereocenters. The van der Waals surface area contributed by atoms with Crippen LogP contribution in [0.4, 0.5) is 10.1 Å². The third-order valence-corrected chi connectivity index (χ3v) is 5.35. The zero-order valence-corrected chi connectivity index (χ0v) is 14.3. The van der Waals surface area contributed by atoms with Crippen molar-refractivity contribution in [2.24, 2.45) is 0 Å². The van der Waals surface area contributed by atoms with Crippen molar-refractivity contribution in [1.82, 2.24) is 10.2 Å². The number of benzene rings is 3. The molecular formula is C19H14FN3O2S. The van der Waals surface area contributed by atoms with E-state index >= 15 is 0 Å². The largest absolute Gasteiger partial charge is 0.280 e. The van der Waals surface area contributed by atoms with Crippen molar-refractivity contribution in [3.8, 4) is 11.3 Å². The highest BCUT2D eigenvalue weighted by molar-refractivity contribution is 7.92. The molecule has 0 saturated heterocycles. The molecule has 0 atom stereocenters. The maximum absolute atomic E-state index is 13.3. The van der Waals surface area contributed by atoms with Crippen LogP contribution in [0.5, 0.6) is 0 Å². The fourth-order valence-corrected chi connectivity index (χ4v) is 3.82. The molecule has 0 aliphatic heterocycles. The molecule has 5 nitrogen and oxygen atoms in total. The van der Waals surface area contributed by atoms with Gasteiger partial charge in [0.25, 0.3) is 10.0 Å². The first-order valence-corrected chi connectivity index (χ1v) is 9.33. The Hall–Kier alpha value is -3.19. The van der Waals surface area contributed by atoms with Gasteiger partial charge in [0.05, 0.1) is 21.8 Å². The van der Waals surface area contributed by atoms with Crippen LogP contribution in [0.25, 0.3) is 22.2 Å². The van der Waals surface area contributed by atoms with Gasteiger partial charge in [0.1, 0.15) is 5.82 Å². The van der Waals surface area contributed by atoms with E-state index in [0.717, 1.165) is 17.1 Å². The van der Waals surface area contributed by atoms with Crippen LogP contribution >= 0.6 is 0 Å². The van der Waals surface area contributed by atoms with Crippen LogP contribution in [0.1, 0.15) is 0 Å². The van der Waals surface area contributed by atoms with Crippen molar-refractivity contribution in [2.75, 3.05) is 4.72 Å². The summed E-state index contributed by atoms with van der Waals surface area (Å²) < 4.78 is 41.0. The van der Waals surface area contributed by atoms with Crippen LogP contribution < -0.4 is 4.72 Å². The molecule has 0 spiro atoms. The van der Waals surface area contributed by atoms with Crippen LogP contribution in [-0.4, -0.2) is 18.6 Å². The van der Waals surface area contributed by atoms with Gasteiger partial charge in [0, 0.05) is 10.9 Å². The number of H-pyrrole nitrogens is 1. The van der Waals surface area contributed by atoms with Crippen molar-refractivity contribution in [3.63, 3.8) is 0 Å². The minimum Gasteiger partial charge on any atom is -0.280 e. The van der Waals surface area contributed by atoms with E-state index in [-0.39, 0.29) is 10.6 Å². The first kappa shape index (κ1) is 16.3. The van der Waals surface area contributed by atoms with Gasteiger partial charge in [-0.05, 0) is 36.4 Å².